The van der Waals surface area contributed by atoms with E-state index in [1.165, 1.54) is 0 Å². The summed E-state index contributed by atoms with van der Waals surface area (Å²) in [5.41, 5.74) is 3.10. The van der Waals surface area contributed by atoms with Gasteiger partial charge in [0.2, 0.25) is 5.43 Å². The number of fused-ring (bicyclic) bond motifs is 1. The summed E-state index contributed by atoms with van der Waals surface area (Å²) >= 11 is 0. The number of aryl methyl sites for hydroxylation is 2. The number of hydrogen-bond acceptors (Lipinski definition) is 3. The lowest BCUT2D eigenvalue weighted by atomic mass is 10.1. The maximum atomic E-state index is 12.9. The van der Waals surface area contributed by atoms with Crippen molar-refractivity contribution in [3.8, 4) is 0 Å². The first-order valence-electron chi connectivity index (χ1n) is 8.45. The summed E-state index contributed by atoms with van der Waals surface area (Å²) in [5.74, 6) is 0.0191. The molecule has 0 saturated carbocycles. The molecule has 0 atom stereocenters. The summed E-state index contributed by atoms with van der Waals surface area (Å²) in [4.78, 5) is 25.8. The zero-order chi connectivity index (χ0) is 18.0. The third kappa shape index (κ3) is 3.20. The quantitative estimate of drug-likeness (QED) is 0.757. The second-order valence-corrected chi connectivity index (χ2v) is 6.18. The molecular weight excluding hydrogens is 314 g/mol. The number of carbonyl (C=O) groups excluding carboxylic acids is 1. The van der Waals surface area contributed by atoms with Crippen LogP contribution < -0.4 is 10.7 Å². The summed E-state index contributed by atoms with van der Waals surface area (Å²) in [6.45, 7) is 5.92. The van der Waals surface area contributed by atoms with E-state index < -0.39 is 5.91 Å². The molecule has 3 aromatic rings. The second-order valence-electron chi connectivity index (χ2n) is 6.18. The minimum atomic E-state index is -0.420. The van der Waals surface area contributed by atoms with Gasteiger partial charge in [-0.2, -0.15) is 0 Å². The number of nitrogens with one attached hydrogen (secondary N) is 1. The van der Waals surface area contributed by atoms with Gasteiger partial charge in [-0.15, -0.1) is 0 Å². The van der Waals surface area contributed by atoms with E-state index in [0.717, 1.165) is 17.5 Å². The van der Waals surface area contributed by atoms with E-state index in [9.17, 15) is 9.59 Å². The Labute approximate surface area is 146 Å². The third-order valence-electron chi connectivity index (χ3n) is 4.43. The van der Waals surface area contributed by atoms with Gasteiger partial charge in [0.1, 0.15) is 16.9 Å². The molecule has 4 nitrogen and oxygen atoms in total. The van der Waals surface area contributed by atoms with Crippen molar-refractivity contribution in [1.82, 2.24) is 0 Å². The van der Waals surface area contributed by atoms with E-state index in [2.05, 4.69) is 5.32 Å². The van der Waals surface area contributed by atoms with Crippen molar-refractivity contribution < 1.29 is 9.21 Å². The Balaban J connectivity index is 2.11. The van der Waals surface area contributed by atoms with Gasteiger partial charge in [0.15, 0.2) is 0 Å². The molecule has 0 spiro atoms. The molecule has 0 aliphatic rings. The molecule has 2 aromatic carbocycles. The van der Waals surface area contributed by atoms with Gasteiger partial charge < -0.3 is 9.73 Å². The van der Waals surface area contributed by atoms with Crippen molar-refractivity contribution in [2.45, 2.75) is 33.6 Å². The highest BCUT2D eigenvalue weighted by Gasteiger charge is 2.21. The maximum absolute atomic E-state index is 12.9. The normalized spacial score (nSPS) is 10.8. The molecular formula is C21H21NO3. The summed E-state index contributed by atoms with van der Waals surface area (Å²) in [7, 11) is 0. The van der Waals surface area contributed by atoms with E-state index in [1.807, 2.05) is 45.0 Å². The average Bonchev–Trinajstić information content (AvgIpc) is 2.59. The molecule has 1 N–H and O–H groups in total. The van der Waals surface area contributed by atoms with Crippen LogP contribution in [0.5, 0.6) is 0 Å². The number of para-hydroxylation sites is 1. The zero-order valence-corrected chi connectivity index (χ0v) is 14.7. The van der Waals surface area contributed by atoms with Gasteiger partial charge in [0.25, 0.3) is 5.91 Å². The Morgan fingerprint density at radius 1 is 1.08 bits per heavy atom. The Bertz CT molecular complexity index is 1000. The zero-order valence-electron chi connectivity index (χ0n) is 14.7. The molecule has 1 amide bonds. The van der Waals surface area contributed by atoms with Crippen molar-refractivity contribution in [3.05, 3.63) is 75.1 Å². The van der Waals surface area contributed by atoms with Gasteiger partial charge in [0.05, 0.1) is 5.39 Å². The van der Waals surface area contributed by atoms with Crippen molar-refractivity contribution in [2.24, 2.45) is 0 Å². The molecule has 0 fully saturated rings. The molecule has 25 heavy (non-hydrogen) atoms. The molecule has 0 saturated heterocycles. The van der Waals surface area contributed by atoms with E-state index in [4.69, 9.17) is 4.42 Å². The topological polar surface area (TPSA) is 59.3 Å². The van der Waals surface area contributed by atoms with E-state index in [-0.39, 0.29) is 11.0 Å². The van der Waals surface area contributed by atoms with Crippen molar-refractivity contribution >= 4 is 22.6 Å². The van der Waals surface area contributed by atoms with Crippen LogP contribution in [0.3, 0.4) is 0 Å². The fraction of sp³-hybridized carbons (Fsp3) is 0.238. The minimum Gasteiger partial charge on any atom is -0.460 e. The smallest absolute Gasteiger partial charge is 0.263 e. The molecule has 1 aromatic heterocycles. The first-order chi connectivity index (χ1) is 12.0. The van der Waals surface area contributed by atoms with E-state index >= 15 is 0 Å². The Morgan fingerprint density at radius 2 is 1.84 bits per heavy atom. The summed E-state index contributed by atoms with van der Waals surface area (Å²) < 4.78 is 5.87. The van der Waals surface area contributed by atoms with Crippen LogP contribution in [0, 0.1) is 13.8 Å². The minimum absolute atomic E-state index is 0.0986. The molecule has 0 unspecified atom stereocenters. The van der Waals surface area contributed by atoms with Crippen molar-refractivity contribution in [1.29, 1.82) is 0 Å². The van der Waals surface area contributed by atoms with Crippen LogP contribution in [0.25, 0.3) is 11.0 Å². The molecule has 4 heteroatoms. The van der Waals surface area contributed by atoms with Crippen LogP contribution in [0.1, 0.15) is 40.6 Å². The lowest BCUT2D eigenvalue weighted by Gasteiger charge is -2.12. The summed E-state index contributed by atoms with van der Waals surface area (Å²) in [6.07, 6.45) is 1.32. The van der Waals surface area contributed by atoms with Crippen LogP contribution >= 0.6 is 0 Å². The van der Waals surface area contributed by atoms with Crippen molar-refractivity contribution in [2.75, 3.05) is 5.32 Å². The summed E-state index contributed by atoms with van der Waals surface area (Å²) in [6, 6.07) is 12.7. The molecule has 0 aliphatic carbocycles. The monoisotopic (exact) mass is 335 g/mol. The van der Waals surface area contributed by atoms with Gasteiger partial charge in [-0.25, -0.2) is 0 Å². The first-order valence-corrected chi connectivity index (χ1v) is 8.45. The van der Waals surface area contributed by atoms with Gasteiger partial charge in [-0.1, -0.05) is 31.2 Å². The molecule has 128 valence electrons. The highest BCUT2D eigenvalue weighted by Crippen LogP contribution is 2.21. The highest BCUT2D eigenvalue weighted by atomic mass is 16.3. The third-order valence-corrected chi connectivity index (χ3v) is 4.43. The van der Waals surface area contributed by atoms with Crippen LogP contribution in [0.4, 0.5) is 5.69 Å². The van der Waals surface area contributed by atoms with Gasteiger partial charge in [0, 0.05) is 12.1 Å². The van der Waals surface area contributed by atoms with E-state index in [1.54, 1.807) is 18.2 Å². The van der Waals surface area contributed by atoms with Crippen LogP contribution in [0.2, 0.25) is 0 Å². The predicted octanol–water partition coefficient (Wildman–Crippen LogP) is 4.61. The maximum Gasteiger partial charge on any atom is 0.263 e. The Morgan fingerprint density at radius 3 is 2.60 bits per heavy atom. The van der Waals surface area contributed by atoms with Crippen LogP contribution in [-0.2, 0) is 6.42 Å². The molecule has 0 bridgehead atoms. The van der Waals surface area contributed by atoms with E-state index in [0.29, 0.717) is 28.8 Å². The number of rotatable bonds is 4. The lowest BCUT2D eigenvalue weighted by molar-refractivity contribution is 0.102. The van der Waals surface area contributed by atoms with Gasteiger partial charge >= 0.3 is 0 Å². The van der Waals surface area contributed by atoms with Crippen LogP contribution in [-0.4, -0.2) is 5.91 Å². The first kappa shape index (κ1) is 17.0. The fourth-order valence-corrected chi connectivity index (χ4v) is 2.89. The average molecular weight is 335 g/mol. The number of amides is 1. The Hall–Kier alpha value is -2.88. The molecule has 0 radical (unpaired) electrons. The highest BCUT2D eigenvalue weighted by molar-refractivity contribution is 6.06. The lowest BCUT2D eigenvalue weighted by Crippen LogP contribution is -2.24. The molecule has 0 aliphatic heterocycles. The van der Waals surface area contributed by atoms with Gasteiger partial charge in [-0.05, 0) is 49.6 Å². The number of benzene rings is 2. The standard InChI is InChI=1S/C21H21NO3/c1-4-8-18-19(20(23)15-10-5-6-12-17(15)25-18)21(24)22-16-11-7-9-13(2)14(16)3/h5-7,9-12H,4,8H2,1-3H3,(H,22,24). The largest absolute Gasteiger partial charge is 0.460 e. The molecule has 3 rings (SSSR count). The molecule has 1 heterocycles. The van der Waals surface area contributed by atoms with Crippen molar-refractivity contribution in [3.63, 3.8) is 0 Å². The predicted molar refractivity (Wildman–Crippen MR) is 100 cm³/mol. The number of carbonyl (C=O) groups is 1. The summed E-state index contributed by atoms with van der Waals surface area (Å²) in [5, 5.41) is 3.30. The SMILES string of the molecule is CCCc1oc2ccccc2c(=O)c1C(=O)Nc1cccc(C)c1C. The Kier molecular flexibility index (Phi) is 4.70. The number of anilines is 1. The van der Waals surface area contributed by atoms with Gasteiger partial charge in [-0.3, -0.25) is 9.59 Å². The number of hydrogen-bond donors (Lipinski definition) is 1. The fourth-order valence-electron chi connectivity index (χ4n) is 2.89. The van der Waals surface area contributed by atoms with Crippen LogP contribution in [0.15, 0.2) is 51.7 Å². The second kappa shape index (κ2) is 6.93.